The number of nitriles is 1. The van der Waals surface area contributed by atoms with Crippen molar-refractivity contribution >= 4 is 5.91 Å². The van der Waals surface area contributed by atoms with E-state index in [1.54, 1.807) is 36.3 Å². The predicted molar refractivity (Wildman–Crippen MR) is 133 cm³/mol. The van der Waals surface area contributed by atoms with E-state index < -0.39 is 5.67 Å². The number of aromatic nitrogens is 3. The Morgan fingerprint density at radius 2 is 1.94 bits per heavy atom. The number of piperidine rings is 1. The molecule has 1 aliphatic heterocycles. The number of amides is 1. The normalized spacial score (nSPS) is 17.1. The first-order valence-corrected chi connectivity index (χ1v) is 12.5. The third kappa shape index (κ3) is 4.63. The van der Waals surface area contributed by atoms with Gasteiger partial charge in [0.25, 0.3) is 5.91 Å². The molecule has 2 aliphatic rings. The van der Waals surface area contributed by atoms with Gasteiger partial charge in [0, 0.05) is 44.2 Å². The molecule has 1 aromatic heterocycles. The van der Waals surface area contributed by atoms with Crippen LogP contribution < -0.4 is 0 Å². The zero-order valence-electron chi connectivity index (χ0n) is 20.7. The largest absolute Gasteiger partial charge is 0.377 e. The summed E-state index contributed by atoms with van der Waals surface area (Å²) in [5.74, 6) is 1.68. The quantitative estimate of drug-likeness (QED) is 0.504. The summed E-state index contributed by atoms with van der Waals surface area (Å²) in [4.78, 5) is 18.7. The number of halogens is 1. The fourth-order valence-electron chi connectivity index (χ4n) is 5.08. The number of likely N-dealkylation sites (tertiary alicyclic amines) is 1. The van der Waals surface area contributed by atoms with Crippen LogP contribution in [-0.4, -0.2) is 46.2 Å². The Hall–Kier alpha value is -3.57. The number of H-pyrrole nitrogens is 1. The van der Waals surface area contributed by atoms with Crippen LogP contribution in [0.5, 0.6) is 0 Å². The second-order valence-electron chi connectivity index (χ2n) is 9.72. The molecular weight excluding hydrogens is 457 g/mol. The van der Waals surface area contributed by atoms with Gasteiger partial charge in [-0.3, -0.25) is 4.79 Å². The van der Waals surface area contributed by atoms with Gasteiger partial charge in [0.15, 0.2) is 11.6 Å². The summed E-state index contributed by atoms with van der Waals surface area (Å²) in [5.41, 5.74) is 3.33. The van der Waals surface area contributed by atoms with E-state index in [0.29, 0.717) is 54.0 Å². The number of hydrogen-bond donors (Lipinski definition) is 1. The molecule has 2 aromatic carbocycles. The van der Waals surface area contributed by atoms with Crippen molar-refractivity contribution in [1.29, 1.82) is 5.26 Å². The minimum atomic E-state index is -1.50. The van der Waals surface area contributed by atoms with Crippen LogP contribution in [0.1, 0.15) is 77.0 Å². The summed E-state index contributed by atoms with van der Waals surface area (Å²) in [7, 11) is 1.61. The maximum Gasteiger partial charge on any atom is 0.254 e. The van der Waals surface area contributed by atoms with Crippen molar-refractivity contribution in [3.63, 3.8) is 0 Å². The highest BCUT2D eigenvalue weighted by Gasteiger charge is 2.38. The van der Waals surface area contributed by atoms with Crippen LogP contribution in [0, 0.1) is 11.3 Å². The molecule has 1 aliphatic carbocycles. The van der Waals surface area contributed by atoms with Gasteiger partial charge in [-0.1, -0.05) is 25.1 Å². The van der Waals surface area contributed by atoms with E-state index in [0.717, 1.165) is 30.4 Å². The fraction of sp³-hybridized carbons (Fsp3) is 0.429. The summed E-state index contributed by atoms with van der Waals surface area (Å²) in [6.45, 7) is 3.06. The molecule has 1 N–H and O–H groups in total. The Labute approximate surface area is 210 Å². The van der Waals surface area contributed by atoms with Gasteiger partial charge in [-0.2, -0.15) is 5.26 Å². The molecule has 7 nitrogen and oxygen atoms in total. The van der Waals surface area contributed by atoms with Gasteiger partial charge >= 0.3 is 0 Å². The molecule has 186 valence electrons. The molecule has 1 amide bonds. The fourth-order valence-corrected chi connectivity index (χ4v) is 5.08. The number of ether oxygens (including phenoxy) is 1. The van der Waals surface area contributed by atoms with Crippen molar-refractivity contribution in [3.05, 3.63) is 70.0 Å². The number of nitrogens with one attached hydrogen (secondary N) is 1. The molecule has 0 spiro atoms. The van der Waals surface area contributed by atoms with Crippen molar-refractivity contribution < 1.29 is 13.9 Å². The van der Waals surface area contributed by atoms with Crippen molar-refractivity contribution in [2.75, 3.05) is 20.2 Å². The van der Waals surface area contributed by atoms with Crippen LogP contribution in [-0.2, 0) is 23.4 Å². The Morgan fingerprint density at radius 3 is 2.56 bits per heavy atom. The number of alkyl halides is 1. The zero-order chi connectivity index (χ0) is 25.3. The lowest BCUT2D eigenvalue weighted by atomic mass is 9.85. The van der Waals surface area contributed by atoms with E-state index >= 15 is 4.39 Å². The number of carbonyl (C=O) groups is 1. The average molecular weight is 488 g/mol. The van der Waals surface area contributed by atoms with Gasteiger partial charge in [0.05, 0.1) is 11.6 Å². The van der Waals surface area contributed by atoms with Gasteiger partial charge in [-0.15, -0.1) is 10.2 Å². The van der Waals surface area contributed by atoms with Crippen molar-refractivity contribution in [3.8, 4) is 17.5 Å². The van der Waals surface area contributed by atoms with Crippen LogP contribution in [0.15, 0.2) is 36.4 Å². The standard InChI is InChI=1S/C28H30FN5O2/c1-3-19-14-22(20-6-7-20)24(26-31-25(17-36-2)32-33-26)15-23(19)27(35)34-12-10-28(29,11-13-34)21-8-4-18(16-30)5-9-21/h4-5,8-9,14-15,20H,3,6-7,10-13,17H2,1-2H3,(H,31,32,33). The average Bonchev–Trinajstić information content (AvgIpc) is 3.66. The molecule has 0 bridgehead atoms. The van der Waals surface area contributed by atoms with E-state index in [9.17, 15) is 4.79 Å². The van der Waals surface area contributed by atoms with Crippen LogP contribution in [0.3, 0.4) is 0 Å². The molecule has 8 heteroatoms. The predicted octanol–water partition coefficient (Wildman–Crippen LogP) is 5.03. The van der Waals surface area contributed by atoms with Crippen LogP contribution in [0.25, 0.3) is 11.4 Å². The molecule has 0 atom stereocenters. The molecule has 0 unspecified atom stereocenters. The molecule has 5 rings (SSSR count). The Kier molecular flexibility index (Phi) is 6.59. The monoisotopic (exact) mass is 487 g/mol. The van der Waals surface area contributed by atoms with Crippen molar-refractivity contribution in [2.45, 2.75) is 57.2 Å². The minimum Gasteiger partial charge on any atom is -0.377 e. The Balaban J connectivity index is 1.40. The number of nitrogens with zero attached hydrogens (tertiary/aromatic N) is 4. The summed E-state index contributed by atoms with van der Waals surface area (Å²) >= 11 is 0. The van der Waals surface area contributed by atoms with Crippen molar-refractivity contribution in [2.24, 2.45) is 0 Å². The molecule has 36 heavy (non-hydrogen) atoms. The highest BCUT2D eigenvalue weighted by atomic mass is 19.1. The van der Waals surface area contributed by atoms with E-state index in [4.69, 9.17) is 10.00 Å². The third-order valence-corrected chi connectivity index (χ3v) is 7.35. The van der Waals surface area contributed by atoms with Crippen LogP contribution in [0.2, 0.25) is 0 Å². The first-order valence-electron chi connectivity index (χ1n) is 12.5. The Morgan fingerprint density at radius 1 is 1.22 bits per heavy atom. The first kappa shape index (κ1) is 24.1. The highest BCUT2D eigenvalue weighted by Crippen LogP contribution is 2.45. The maximum absolute atomic E-state index is 15.8. The molecule has 2 heterocycles. The molecule has 1 saturated carbocycles. The third-order valence-electron chi connectivity index (χ3n) is 7.35. The summed E-state index contributed by atoms with van der Waals surface area (Å²) in [5, 5.41) is 17.5. The smallest absolute Gasteiger partial charge is 0.254 e. The zero-order valence-corrected chi connectivity index (χ0v) is 20.7. The second kappa shape index (κ2) is 9.82. The molecule has 1 saturated heterocycles. The van der Waals surface area contributed by atoms with E-state index in [1.165, 1.54) is 5.56 Å². The lowest BCUT2D eigenvalue weighted by Crippen LogP contribution is -2.43. The number of hydrogen-bond acceptors (Lipinski definition) is 5. The first-order chi connectivity index (χ1) is 17.5. The van der Waals surface area contributed by atoms with E-state index in [1.807, 2.05) is 6.07 Å². The lowest BCUT2D eigenvalue weighted by molar-refractivity contribution is 0.0420. The number of benzene rings is 2. The molecular formula is C28H30FN5O2. The summed E-state index contributed by atoms with van der Waals surface area (Å²) < 4.78 is 20.9. The van der Waals surface area contributed by atoms with Gasteiger partial charge in [-0.05, 0) is 60.1 Å². The number of carbonyl (C=O) groups excluding carboxylic acids is 1. The van der Waals surface area contributed by atoms with Crippen LogP contribution in [0.4, 0.5) is 4.39 Å². The summed E-state index contributed by atoms with van der Waals surface area (Å²) in [6.07, 6.45) is 3.44. The second-order valence-corrected chi connectivity index (χ2v) is 9.72. The van der Waals surface area contributed by atoms with Crippen LogP contribution >= 0.6 is 0 Å². The number of rotatable bonds is 7. The maximum atomic E-state index is 15.8. The topological polar surface area (TPSA) is 94.9 Å². The van der Waals surface area contributed by atoms with Gasteiger partial charge in [0.1, 0.15) is 12.3 Å². The van der Waals surface area contributed by atoms with E-state index in [2.05, 4.69) is 34.2 Å². The van der Waals surface area contributed by atoms with Gasteiger partial charge in [0.2, 0.25) is 0 Å². The minimum absolute atomic E-state index is 0.0750. The SMILES string of the molecule is CCc1cc(C2CC2)c(-c2nnc(COC)[nH]2)cc1C(=O)N1CCC(F)(c2ccc(C#N)cc2)CC1. The van der Waals surface area contributed by atoms with Gasteiger partial charge < -0.3 is 14.6 Å². The molecule has 2 fully saturated rings. The number of methoxy groups -OCH3 is 1. The van der Waals surface area contributed by atoms with Gasteiger partial charge in [-0.25, -0.2) is 4.39 Å². The lowest BCUT2D eigenvalue weighted by Gasteiger charge is -2.37. The van der Waals surface area contributed by atoms with E-state index in [-0.39, 0.29) is 18.7 Å². The highest BCUT2D eigenvalue weighted by molar-refractivity contribution is 5.97. The number of aryl methyl sites for hydroxylation is 1. The molecule has 0 radical (unpaired) electrons. The van der Waals surface area contributed by atoms with Crippen molar-refractivity contribution in [1.82, 2.24) is 20.1 Å². The number of aromatic amines is 1. The Bertz CT molecular complexity index is 1300. The summed E-state index contributed by atoms with van der Waals surface area (Å²) in [6, 6.07) is 12.8. The molecule has 3 aromatic rings.